The van der Waals surface area contributed by atoms with E-state index in [1.807, 2.05) is 12.1 Å². The normalized spacial score (nSPS) is 11.2. The first kappa shape index (κ1) is 14.4. The summed E-state index contributed by atoms with van der Waals surface area (Å²) < 4.78 is 22.2. The zero-order chi connectivity index (χ0) is 12.9. The third-order valence-corrected chi connectivity index (χ3v) is 3.81. The Bertz CT molecular complexity index is 502. The van der Waals surface area contributed by atoms with Crippen LogP contribution < -0.4 is 10.5 Å². The third-order valence-electron chi connectivity index (χ3n) is 2.01. The molecule has 0 heterocycles. The molecular weight excluding hydrogens is 355 g/mol. The lowest BCUT2D eigenvalue weighted by molar-refractivity contribution is 0.0953. The lowest BCUT2D eigenvalue weighted by Crippen LogP contribution is -2.27. The van der Waals surface area contributed by atoms with Crippen LogP contribution in [0.1, 0.15) is 16.8 Å². The molecular formula is C10H13IN2O3S. The number of rotatable bonds is 5. The quantitative estimate of drug-likeness (QED) is 0.592. The Morgan fingerprint density at radius 1 is 1.35 bits per heavy atom. The van der Waals surface area contributed by atoms with Gasteiger partial charge in [-0.05, 0) is 41.1 Å². The zero-order valence-electron chi connectivity index (χ0n) is 9.02. The molecule has 17 heavy (non-hydrogen) atoms. The molecule has 3 N–H and O–H groups in total. The molecule has 0 bridgehead atoms. The fourth-order valence-electron chi connectivity index (χ4n) is 1.22. The van der Waals surface area contributed by atoms with Crippen molar-refractivity contribution in [2.24, 2.45) is 5.14 Å². The van der Waals surface area contributed by atoms with Gasteiger partial charge >= 0.3 is 0 Å². The summed E-state index contributed by atoms with van der Waals surface area (Å²) in [6.07, 6.45) is 0.313. The number of primary sulfonamides is 1. The molecule has 0 fully saturated rings. The van der Waals surface area contributed by atoms with Gasteiger partial charge in [0.25, 0.3) is 5.91 Å². The van der Waals surface area contributed by atoms with E-state index in [4.69, 9.17) is 5.14 Å². The SMILES string of the molecule is NS(=O)(=O)CCCNC(=O)c1ccccc1I. The average molecular weight is 368 g/mol. The van der Waals surface area contributed by atoms with Crippen molar-refractivity contribution in [3.8, 4) is 0 Å². The minimum absolute atomic E-state index is 0.126. The van der Waals surface area contributed by atoms with Gasteiger partial charge in [0.15, 0.2) is 0 Å². The second-order valence-corrected chi connectivity index (χ2v) is 6.35. The molecule has 0 saturated heterocycles. The number of hydrogen-bond acceptors (Lipinski definition) is 3. The number of amides is 1. The number of nitrogens with one attached hydrogen (secondary N) is 1. The largest absolute Gasteiger partial charge is 0.352 e. The molecule has 0 aromatic heterocycles. The Kier molecular flexibility index (Phi) is 5.34. The fourth-order valence-corrected chi connectivity index (χ4v) is 2.39. The first-order valence-electron chi connectivity index (χ1n) is 4.93. The lowest BCUT2D eigenvalue weighted by atomic mass is 10.2. The maximum absolute atomic E-state index is 11.7. The van der Waals surface area contributed by atoms with Crippen molar-refractivity contribution in [3.63, 3.8) is 0 Å². The van der Waals surface area contributed by atoms with Crippen molar-refractivity contribution in [2.45, 2.75) is 6.42 Å². The minimum Gasteiger partial charge on any atom is -0.352 e. The predicted octanol–water partition coefficient (Wildman–Crippen LogP) is 0.700. The molecule has 94 valence electrons. The Labute approximate surface area is 114 Å². The van der Waals surface area contributed by atoms with Crippen molar-refractivity contribution in [2.75, 3.05) is 12.3 Å². The number of sulfonamides is 1. The molecule has 1 aromatic carbocycles. The molecule has 0 aliphatic rings. The monoisotopic (exact) mass is 368 g/mol. The summed E-state index contributed by atoms with van der Waals surface area (Å²) in [5, 5.41) is 7.49. The van der Waals surface area contributed by atoms with Crippen LogP contribution in [-0.2, 0) is 10.0 Å². The van der Waals surface area contributed by atoms with E-state index in [0.717, 1.165) is 3.57 Å². The van der Waals surface area contributed by atoms with Gasteiger partial charge in [-0.1, -0.05) is 12.1 Å². The van der Waals surface area contributed by atoms with Crippen molar-refractivity contribution < 1.29 is 13.2 Å². The highest BCUT2D eigenvalue weighted by Crippen LogP contribution is 2.10. The molecule has 0 unspecified atom stereocenters. The second-order valence-electron chi connectivity index (χ2n) is 3.46. The van der Waals surface area contributed by atoms with Crippen LogP contribution in [0.5, 0.6) is 0 Å². The number of nitrogens with two attached hydrogens (primary N) is 1. The van der Waals surface area contributed by atoms with Gasteiger partial charge in [-0.25, -0.2) is 13.6 Å². The standard InChI is InChI=1S/C10H13IN2O3S/c11-9-5-2-1-4-8(9)10(14)13-6-3-7-17(12,15)16/h1-2,4-5H,3,6-7H2,(H,13,14)(H2,12,15,16). The van der Waals surface area contributed by atoms with Gasteiger partial charge in [-0.2, -0.15) is 0 Å². The summed E-state index contributed by atoms with van der Waals surface area (Å²) in [5.41, 5.74) is 0.587. The zero-order valence-corrected chi connectivity index (χ0v) is 12.0. The van der Waals surface area contributed by atoms with Crippen molar-refractivity contribution in [1.82, 2.24) is 5.32 Å². The lowest BCUT2D eigenvalue weighted by Gasteiger charge is -2.06. The number of hydrogen-bond donors (Lipinski definition) is 2. The van der Waals surface area contributed by atoms with Gasteiger partial charge < -0.3 is 5.32 Å². The number of benzene rings is 1. The molecule has 1 aromatic rings. The summed E-state index contributed by atoms with van der Waals surface area (Å²) in [6, 6.07) is 7.18. The smallest absolute Gasteiger partial charge is 0.252 e. The van der Waals surface area contributed by atoms with Crippen LogP contribution in [0.3, 0.4) is 0 Å². The van der Waals surface area contributed by atoms with Crippen LogP contribution in [-0.4, -0.2) is 26.6 Å². The molecule has 1 amide bonds. The molecule has 7 heteroatoms. The highest BCUT2D eigenvalue weighted by Gasteiger charge is 2.08. The summed E-state index contributed by atoms with van der Waals surface area (Å²) in [6.45, 7) is 0.292. The first-order chi connectivity index (χ1) is 7.90. The van der Waals surface area contributed by atoms with Gasteiger partial charge in [-0.3, -0.25) is 4.79 Å². The van der Waals surface area contributed by atoms with Crippen LogP contribution in [0.25, 0.3) is 0 Å². The minimum atomic E-state index is -3.45. The molecule has 0 atom stereocenters. The van der Waals surface area contributed by atoms with Crippen molar-refractivity contribution in [3.05, 3.63) is 33.4 Å². The third kappa shape index (κ3) is 5.46. The first-order valence-corrected chi connectivity index (χ1v) is 7.73. The van der Waals surface area contributed by atoms with E-state index in [1.165, 1.54) is 0 Å². The van der Waals surface area contributed by atoms with Crippen LogP contribution in [0.15, 0.2) is 24.3 Å². The molecule has 0 saturated carbocycles. The summed E-state index contributed by atoms with van der Waals surface area (Å²) in [5.74, 6) is -0.330. The maximum Gasteiger partial charge on any atom is 0.252 e. The highest BCUT2D eigenvalue weighted by atomic mass is 127. The van der Waals surface area contributed by atoms with Crippen LogP contribution >= 0.6 is 22.6 Å². The molecule has 0 aliphatic heterocycles. The fraction of sp³-hybridized carbons (Fsp3) is 0.300. The summed E-state index contributed by atoms with van der Waals surface area (Å²) in [4.78, 5) is 11.7. The van der Waals surface area contributed by atoms with E-state index in [-0.39, 0.29) is 11.7 Å². The molecule has 0 radical (unpaired) electrons. The van der Waals surface area contributed by atoms with Gasteiger partial charge in [0.1, 0.15) is 0 Å². The summed E-state index contributed by atoms with van der Waals surface area (Å²) >= 11 is 2.07. The van der Waals surface area contributed by atoms with Gasteiger partial charge in [0.05, 0.1) is 11.3 Å². The van der Waals surface area contributed by atoms with Crippen molar-refractivity contribution >= 4 is 38.5 Å². The second kappa shape index (κ2) is 6.31. The number of carbonyl (C=O) groups is 1. The van der Waals surface area contributed by atoms with E-state index >= 15 is 0 Å². The van der Waals surface area contributed by atoms with Crippen LogP contribution in [0, 0.1) is 3.57 Å². The molecule has 0 aliphatic carbocycles. The number of halogens is 1. The van der Waals surface area contributed by atoms with Crippen LogP contribution in [0.4, 0.5) is 0 Å². The highest BCUT2D eigenvalue weighted by molar-refractivity contribution is 14.1. The average Bonchev–Trinajstić information content (AvgIpc) is 2.23. The Hall–Kier alpha value is -0.670. The number of carbonyl (C=O) groups excluding carboxylic acids is 1. The van der Waals surface area contributed by atoms with E-state index < -0.39 is 10.0 Å². The van der Waals surface area contributed by atoms with E-state index in [0.29, 0.717) is 18.5 Å². The predicted molar refractivity (Wildman–Crippen MR) is 74.1 cm³/mol. The van der Waals surface area contributed by atoms with Gasteiger partial charge in [0, 0.05) is 10.1 Å². The van der Waals surface area contributed by atoms with E-state index in [1.54, 1.807) is 12.1 Å². The molecule has 5 nitrogen and oxygen atoms in total. The molecule has 0 spiro atoms. The van der Waals surface area contributed by atoms with Crippen molar-refractivity contribution in [1.29, 1.82) is 0 Å². The Balaban J connectivity index is 2.44. The van der Waals surface area contributed by atoms with Gasteiger partial charge in [-0.15, -0.1) is 0 Å². The Morgan fingerprint density at radius 3 is 2.59 bits per heavy atom. The maximum atomic E-state index is 11.7. The summed E-state index contributed by atoms with van der Waals surface area (Å²) in [7, 11) is -3.45. The van der Waals surface area contributed by atoms with E-state index in [2.05, 4.69) is 27.9 Å². The van der Waals surface area contributed by atoms with Crippen LogP contribution in [0.2, 0.25) is 0 Å². The van der Waals surface area contributed by atoms with E-state index in [9.17, 15) is 13.2 Å². The topological polar surface area (TPSA) is 89.3 Å². The van der Waals surface area contributed by atoms with Gasteiger partial charge in [0.2, 0.25) is 10.0 Å². The molecule has 1 rings (SSSR count). The Morgan fingerprint density at radius 2 is 2.00 bits per heavy atom.